The van der Waals surface area contributed by atoms with Gasteiger partial charge in [-0.2, -0.15) is 4.98 Å². The summed E-state index contributed by atoms with van der Waals surface area (Å²) in [7, 11) is 0. The zero-order valence-electron chi connectivity index (χ0n) is 19.2. The fraction of sp³-hybridized carbons (Fsp3) is 0.391. The molecule has 0 spiro atoms. The molecule has 4 heterocycles. The Hall–Kier alpha value is -3.82. The van der Waals surface area contributed by atoms with Gasteiger partial charge in [-0.05, 0) is 52.0 Å². The second kappa shape index (κ2) is 8.27. The third-order valence-corrected chi connectivity index (χ3v) is 5.67. The van der Waals surface area contributed by atoms with Crippen molar-refractivity contribution in [2.45, 2.75) is 33.8 Å². The van der Waals surface area contributed by atoms with Crippen molar-refractivity contribution in [3.63, 3.8) is 0 Å². The molecule has 0 atom stereocenters. The SMILES string of the molecule is Cc1cc(C)n2nc(C(=O)N3CCN(c4ccc5ncnc(OC(C)C)c5c4)CC3)nc2n1. The lowest BCUT2D eigenvalue weighted by Gasteiger charge is -2.35. The molecule has 10 heteroatoms. The van der Waals surface area contributed by atoms with Crippen LogP contribution in [-0.2, 0) is 0 Å². The maximum atomic E-state index is 13.0. The number of aromatic nitrogens is 6. The smallest absolute Gasteiger partial charge is 0.293 e. The molecule has 0 N–H and O–H groups in total. The fourth-order valence-corrected chi connectivity index (χ4v) is 4.10. The Kier molecular flexibility index (Phi) is 5.27. The van der Waals surface area contributed by atoms with Gasteiger partial charge in [-0.1, -0.05) is 0 Å². The summed E-state index contributed by atoms with van der Waals surface area (Å²) in [4.78, 5) is 34.5. The topological polar surface area (TPSA) is 102 Å². The van der Waals surface area contributed by atoms with E-state index in [2.05, 4.69) is 36.0 Å². The molecule has 1 aromatic carbocycles. The van der Waals surface area contributed by atoms with Crippen LogP contribution >= 0.6 is 0 Å². The molecular formula is C23H26N8O2. The van der Waals surface area contributed by atoms with Gasteiger partial charge in [-0.3, -0.25) is 4.79 Å². The van der Waals surface area contributed by atoms with Crippen molar-refractivity contribution >= 4 is 28.3 Å². The van der Waals surface area contributed by atoms with Gasteiger partial charge in [0.2, 0.25) is 11.7 Å². The molecule has 1 saturated heterocycles. The van der Waals surface area contributed by atoms with Crippen LogP contribution in [0.15, 0.2) is 30.6 Å². The average molecular weight is 447 g/mol. The number of benzene rings is 1. The van der Waals surface area contributed by atoms with Crippen LogP contribution in [0.2, 0.25) is 0 Å². The molecule has 0 unspecified atom stereocenters. The Morgan fingerprint density at radius 3 is 2.58 bits per heavy atom. The van der Waals surface area contributed by atoms with E-state index in [1.165, 1.54) is 6.33 Å². The van der Waals surface area contributed by atoms with E-state index >= 15 is 0 Å². The highest BCUT2D eigenvalue weighted by atomic mass is 16.5. The summed E-state index contributed by atoms with van der Waals surface area (Å²) in [6, 6.07) is 8.01. The molecule has 1 amide bonds. The second-order valence-electron chi connectivity index (χ2n) is 8.51. The highest BCUT2D eigenvalue weighted by molar-refractivity contribution is 5.91. The van der Waals surface area contributed by atoms with E-state index in [1.807, 2.05) is 45.9 Å². The van der Waals surface area contributed by atoms with Gasteiger partial charge < -0.3 is 14.5 Å². The fourth-order valence-electron chi connectivity index (χ4n) is 4.10. The van der Waals surface area contributed by atoms with Gasteiger partial charge in [0.15, 0.2) is 0 Å². The molecule has 1 fully saturated rings. The summed E-state index contributed by atoms with van der Waals surface area (Å²) in [5.74, 6) is 1.05. The summed E-state index contributed by atoms with van der Waals surface area (Å²) < 4.78 is 7.48. The summed E-state index contributed by atoms with van der Waals surface area (Å²) in [6.45, 7) is 10.4. The number of aryl methyl sites for hydroxylation is 2. The maximum absolute atomic E-state index is 13.0. The Bertz CT molecular complexity index is 1340. The number of ether oxygens (including phenoxy) is 1. The van der Waals surface area contributed by atoms with E-state index in [1.54, 1.807) is 9.42 Å². The van der Waals surface area contributed by atoms with Crippen molar-refractivity contribution in [1.29, 1.82) is 0 Å². The average Bonchev–Trinajstić information content (AvgIpc) is 3.23. The molecule has 0 saturated carbocycles. The normalized spacial score (nSPS) is 14.5. The Labute approximate surface area is 191 Å². The van der Waals surface area contributed by atoms with E-state index in [4.69, 9.17) is 4.74 Å². The standard InChI is InChI=1S/C23H26N8O2/c1-14(2)33-21-18-12-17(5-6-19(18)24-13-25-21)29-7-9-30(10-8-29)22(32)20-27-23-26-15(3)11-16(4)31(23)28-20/h5-6,11-14H,7-10H2,1-4H3. The molecular weight excluding hydrogens is 420 g/mol. The van der Waals surface area contributed by atoms with Crippen LogP contribution in [0.5, 0.6) is 5.88 Å². The number of hydrogen-bond acceptors (Lipinski definition) is 8. The van der Waals surface area contributed by atoms with Gasteiger partial charge in [0.05, 0.1) is 17.0 Å². The zero-order chi connectivity index (χ0) is 23.1. The molecule has 3 aromatic heterocycles. The zero-order valence-corrected chi connectivity index (χ0v) is 19.2. The number of hydrogen-bond donors (Lipinski definition) is 0. The second-order valence-corrected chi connectivity index (χ2v) is 8.51. The van der Waals surface area contributed by atoms with Crippen molar-refractivity contribution < 1.29 is 9.53 Å². The number of rotatable bonds is 4. The van der Waals surface area contributed by atoms with E-state index in [9.17, 15) is 4.79 Å². The van der Waals surface area contributed by atoms with Crippen molar-refractivity contribution in [3.05, 3.63) is 47.8 Å². The Balaban J connectivity index is 1.32. The lowest BCUT2D eigenvalue weighted by Crippen LogP contribution is -2.49. The minimum atomic E-state index is -0.170. The molecule has 5 rings (SSSR count). The van der Waals surface area contributed by atoms with Crippen LogP contribution in [0.25, 0.3) is 16.7 Å². The van der Waals surface area contributed by atoms with Crippen LogP contribution in [0.3, 0.4) is 0 Å². The summed E-state index contributed by atoms with van der Waals surface area (Å²) in [6.07, 6.45) is 1.55. The maximum Gasteiger partial charge on any atom is 0.293 e. The minimum Gasteiger partial charge on any atom is -0.474 e. The first-order valence-corrected chi connectivity index (χ1v) is 11.1. The lowest BCUT2D eigenvalue weighted by molar-refractivity contribution is 0.0734. The Morgan fingerprint density at radius 2 is 1.82 bits per heavy atom. The van der Waals surface area contributed by atoms with E-state index in [0.29, 0.717) is 37.8 Å². The molecule has 10 nitrogen and oxygen atoms in total. The van der Waals surface area contributed by atoms with Crippen LogP contribution in [0, 0.1) is 13.8 Å². The molecule has 1 aliphatic heterocycles. The first kappa shape index (κ1) is 21.0. The third-order valence-electron chi connectivity index (χ3n) is 5.67. The lowest BCUT2D eigenvalue weighted by atomic mass is 10.2. The monoisotopic (exact) mass is 446 g/mol. The number of carbonyl (C=O) groups is 1. The molecule has 33 heavy (non-hydrogen) atoms. The molecule has 170 valence electrons. The molecule has 0 aliphatic carbocycles. The van der Waals surface area contributed by atoms with E-state index < -0.39 is 0 Å². The Morgan fingerprint density at radius 1 is 1.03 bits per heavy atom. The summed E-state index contributed by atoms with van der Waals surface area (Å²) in [5.41, 5.74) is 3.65. The van der Waals surface area contributed by atoms with Crippen LogP contribution < -0.4 is 9.64 Å². The van der Waals surface area contributed by atoms with Gasteiger partial charge in [-0.25, -0.2) is 19.5 Å². The predicted octanol–water partition coefficient (Wildman–Crippen LogP) is 2.43. The highest BCUT2D eigenvalue weighted by Crippen LogP contribution is 2.28. The van der Waals surface area contributed by atoms with Gasteiger partial charge >= 0.3 is 0 Å². The van der Waals surface area contributed by atoms with E-state index in [-0.39, 0.29) is 17.8 Å². The molecule has 0 radical (unpaired) electrons. The predicted molar refractivity (Wildman–Crippen MR) is 124 cm³/mol. The quantitative estimate of drug-likeness (QED) is 0.471. The number of anilines is 1. The number of fused-ring (bicyclic) bond motifs is 2. The summed E-state index contributed by atoms with van der Waals surface area (Å²) in [5, 5.41) is 5.27. The number of amides is 1. The van der Waals surface area contributed by atoms with Crippen molar-refractivity contribution in [3.8, 4) is 5.88 Å². The van der Waals surface area contributed by atoms with Gasteiger partial charge in [0, 0.05) is 43.3 Å². The molecule has 0 bridgehead atoms. The van der Waals surface area contributed by atoms with Crippen molar-refractivity contribution in [2.24, 2.45) is 0 Å². The largest absolute Gasteiger partial charge is 0.474 e. The van der Waals surface area contributed by atoms with Crippen molar-refractivity contribution in [1.82, 2.24) is 34.4 Å². The number of piperazine rings is 1. The minimum absolute atomic E-state index is 0.0254. The van der Waals surface area contributed by atoms with Crippen molar-refractivity contribution in [2.75, 3.05) is 31.1 Å². The highest BCUT2D eigenvalue weighted by Gasteiger charge is 2.26. The van der Waals surface area contributed by atoms with Gasteiger partial charge in [0.25, 0.3) is 11.7 Å². The van der Waals surface area contributed by atoms with Crippen LogP contribution in [-0.4, -0.2) is 72.6 Å². The number of carbonyl (C=O) groups excluding carboxylic acids is 1. The number of nitrogens with zero attached hydrogens (tertiary/aromatic N) is 8. The van der Waals surface area contributed by atoms with Crippen LogP contribution in [0.4, 0.5) is 5.69 Å². The molecule has 1 aliphatic rings. The molecule has 4 aromatic rings. The third kappa shape index (κ3) is 4.04. The first-order chi connectivity index (χ1) is 15.9. The van der Waals surface area contributed by atoms with Crippen LogP contribution in [0.1, 0.15) is 35.9 Å². The van der Waals surface area contributed by atoms with Gasteiger partial charge in [-0.15, -0.1) is 5.10 Å². The first-order valence-electron chi connectivity index (χ1n) is 11.1. The van der Waals surface area contributed by atoms with E-state index in [0.717, 1.165) is 28.0 Å². The summed E-state index contributed by atoms with van der Waals surface area (Å²) >= 11 is 0. The van der Waals surface area contributed by atoms with Gasteiger partial charge in [0.1, 0.15) is 6.33 Å².